The fourth-order valence-electron chi connectivity index (χ4n) is 3.34. The Morgan fingerprint density at radius 1 is 1.39 bits per heavy atom. The summed E-state index contributed by atoms with van der Waals surface area (Å²) in [6.45, 7) is 6.92. The van der Waals surface area contributed by atoms with Gasteiger partial charge >= 0.3 is 6.18 Å². The summed E-state index contributed by atoms with van der Waals surface area (Å²) in [5.74, 6) is 2.00. The summed E-state index contributed by atoms with van der Waals surface area (Å²) in [5, 5.41) is 3.38. The molecule has 1 saturated heterocycles. The second-order valence-corrected chi connectivity index (χ2v) is 7.01. The summed E-state index contributed by atoms with van der Waals surface area (Å²) in [6.07, 6.45) is 0.127. The van der Waals surface area contributed by atoms with Crippen molar-refractivity contribution in [2.24, 2.45) is 10.9 Å². The molecule has 0 saturated carbocycles. The van der Waals surface area contributed by atoms with Crippen LogP contribution in [0.3, 0.4) is 0 Å². The number of nitrogens with one attached hydrogen (secondary N) is 1. The van der Waals surface area contributed by atoms with Crippen LogP contribution in [0.1, 0.15) is 32.4 Å². The molecule has 1 atom stereocenters. The number of hydrogen-bond acceptors (Lipinski definition) is 3. The first-order valence-electron chi connectivity index (χ1n) is 9.76. The molecule has 0 radical (unpaired) electrons. The Kier molecular flexibility index (Phi) is 11.2. The largest absolute Gasteiger partial charge is 0.469 e. The molecule has 0 aromatic carbocycles. The minimum Gasteiger partial charge on any atom is -0.469 e. The van der Waals surface area contributed by atoms with E-state index < -0.39 is 12.7 Å². The molecular formula is C19H32F3IN4O. The lowest BCUT2D eigenvalue weighted by Crippen LogP contribution is -2.42. The highest BCUT2D eigenvalue weighted by Gasteiger charge is 2.33. The molecule has 1 aromatic rings. The molecule has 1 fully saturated rings. The lowest BCUT2D eigenvalue weighted by atomic mass is 10.1. The highest BCUT2D eigenvalue weighted by atomic mass is 127. The molecule has 2 rings (SSSR count). The molecule has 5 nitrogen and oxygen atoms in total. The van der Waals surface area contributed by atoms with Gasteiger partial charge in [-0.1, -0.05) is 13.8 Å². The topological polar surface area (TPSA) is 44.0 Å². The van der Waals surface area contributed by atoms with Gasteiger partial charge in [-0.15, -0.1) is 24.0 Å². The van der Waals surface area contributed by atoms with Gasteiger partial charge in [-0.2, -0.15) is 13.2 Å². The first-order chi connectivity index (χ1) is 12.9. The first kappa shape index (κ1) is 25.1. The van der Waals surface area contributed by atoms with Crippen molar-refractivity contribution in [1.82, 2.24) is 15.1 Å². The number of likely N-dealkylation sites (tertiary alicyclic amines) is 1. The Hall–Kier alpha value is -0.970. The van der Waals surface area contributed by atoms with Gasteiger partial charge in [0, 0.05) is 39.1 Å². The Bertz CT molecular complexity index is 566. The van der Waals surface area contributed by atoms with E-state index in [9.17, 15) is 13.2 Å². The number of aliphatic imine (C=N–C) groups is 1. The molecule has 1 unspecified atom stereocenters. The molecule has 0 bridgehead atoms. The summed E-state index contributed by atoms with van der Waals surface area (Å²) >= 11 is 0. The molecule has 2 heterocycles. The number of halogens is 4. The van der Waals surface area contributed by atoms with Crippen LogP contribution in [-0.2, 0) is 6.42 Å². The molecule has 0 spiro atoms. The highest BCUT2D eigenvalue weighted by molar-refractivity contribution is 14.0. The van der Waals surface area contributed by atoms with Gasteiger partial charge in [0.2, 0.25) is 0 Å². The molecular weight excluding hydrogens is 484 g/mol. The third kappa shape index (κ3) is 9.02. The van der Waals surface area contributed by atoms with Crippen molar-refractivity contribution in [1.29, 1.82) is 0 Å². The summed E-state index contributed by atoms with van der Waals surface area (Å²) < 4.78 is 43.4. The number of rotatable bonds is 9. The van der Waals surface area contributed by atoms with Crippen LogP contribution < -0.4 is 5.32 Å². The molecule has 1 aliphatic heterocycles. The van der Waals surface area contributed by atoms with Crippen LogP contribution in [0.25, 0.3) is 0 Å². The summed E-state index contributed by atoms with van der Waals surface area (Å²) in [7, 11) is 0. The summed E-state index contributed by atoms with van der Waals surface area (Å²) in [4.78, 5) is 8.30. The number of nitrogens with zero attached hydrogens (tertiary/aromatic N) is 3. The third-order valence-corrected chi connectivity index (χ3v) is 4.67. The van der Waals surface area contributed by atoms with E-state index in [1.807, 2.05) is 12.1 Å². The van der Waals surface area contributed by atoms with Gasteiger partial charge in [-0.05, 0) is 37.4 Å². The average Bonchev–Trinajstić information content (AvgIpc) is 3.28. The maximum atomic E-state index is 12.7. The Labute approximate surface area is 182 Å². The van der Waals surface area contributed by atoms with Gasteiger partial charge in [-0.25, -0.2) is 0 Å². The second kappa shape index (κ2) is 12.6. The Morgan fingerprint density at radius 2 is 2.18 bits per heavy atom. The molecule has 0 aliphatic carbocycles. The standard InChI is InChI=1S/C19H31F3N4O.HI/c1-3-9-23-18(24-10-7-17-6-5-12-27-17)26-11-8-16(14-26)13-25(4-2)15-19(20,21)22;/h5-6,12,16H,3-4,7-11,13-15H2,1-2H3,(H,23,24);1H. The van der Waals surface area contributed by atoms with Gasteiger partial charge in [0.15, 0.2) is 5.96 Å². The highest BCUT2D eigenvalue weighted by Crippen LogP contribution is 2.21. The second-order valence-electron chi connectivity index (χ2n) is 7.01. The predicted molar refractivity (Wildman–Crippen MR) is 116 cm³/mol. The van der Waals surface area contributed by atoms with Gasteiger partial charge in [-0.3, -0.25) is 9.89 Å². The Morgan fingerprint density at radius 3 is 2.79 bits per heavy atom. The summed E-state index contributed by atoms with van der Waals surface area (Å²) in [5.41, 5.74) is 0. The number of alkyl halides is 3. The van der Waals surface area contributed by atoms with Gasteiger partial charge in [0.25, 0.3) is 0 Å². The van der Waals surface area contributed by atoms with E-state index in [0.29, 0.717) is 19.6 Å². The van der Waals surface area contributed by atoms with Crippen molar-refractivity contribution in [3.8, 4) is 0 Å². The SMILES string of the molecule is CCCN=C(NCCc1ccco1)N1CCC(CN(CC)CC(F)(F)F)C1.I. The maximum Gasteiger partial charge on any atom is 0.401 e. The van der Waals surface area contributed by atoms with Crippen LogP contribution in [0.5, 0.6) is 0 Å². The Balaban J connectivity index is 0.00000392. The van der Waals surface area contributed by atoms with Gasteiger partial charge in [0.1, 0.15) is 5.76 Å². The van der Waals surface area contributed by atoms with Crippen LogP contribution >= 0.6 is 24.0 Å². The zero-order chi connectivity index (χ0) is 19.7. The predicted octanol–water partition coefficient (Wildman–Crippen LogP) is 4.00. The van der Waals surface area contributed by atoms with E-state index in [2.05, 4.69) is 22.1 Å². The molecule has 162 valence electrons. The smallest absolute Gasteiger partial charge is 0.401 e. The molecule has 1 N–H and O–H groups in total. The normalized spacial score (nSPS) is 17.9. The number of hydrogen-bond donors (Lipinski definition) is 1. The number of furan rings is 1. The molecule has 1 aliphatic rings. The zero-order valence-corrected chi connectivity index (χ0v) is 19.0. The monoisotopic (exact) mass is 516 g/mol. The molecule has 28 heavy (non-hydrogen) atoms. The molecule has 0 amide bonds. The van der Waals surface area contributed by atoms with Gasteiger partial charge < -0.3 is 14.6 Å². The van der Waals surface area contributed by atoms with E-state index >= 15 is 0 Å². The summed E-state index contributed by atoms with van der Waals surface area (Å²) in [6, 6.07) is 3.81. The van der Waals surface area contributed by atoms with E-state index in [1.165, 1.54) is 4.90 Å². The quantitative estimate of drug-likeness (QED) is 0.306. The van der Waals surface area contributed by atoms with E-state index in [4.69, 9.17) is 4.42 Å². The van der Waals surface area contributed by atoms with E-state index in [1.54, 1.807) is 13.2 Å². The average molecular weight is 516 g/mol. The van der Waals surface area contributed by atoms with Crippen LogP contribution in [0.4, 0.5) is 13.2 Å². The maximum absolute atomic E-state index is 12.7. The lowest BCUT2D eigenvalue weighted by Gasteiger charge is -2.26. The zero-order valence-electron chi connectivity index (χ0n) is 16.7. The third-order valence-electron chi connectivity index (χ3n) is 4.67. The lowest BCUT2D eigenvalue weighted by molar-refractivity contribution is -0.146. The molecule has 1 aromatic heterocycles. The fourth-order valence-corrected chi connectivity index (χ4v) is 3.34. The van der Waals surface area contributed by atoms with Crippen LogP contribution in [0.2, 0.25) is 0 Å². The minimum atomic E-state index is -4.14. The van der Waals surface area contributed by atoms with Crippen molar-refractivity contribution >= 4 is 29.9 Å². The fraction of sp³-hybridized carbons (Fsp3) is 0.737. The van der Waals surface area contributed by atoms with Crippen molar-refractivity contribution in [3.05, 3.63) is 24.2 Å². The van der Waals surface area contributed by atoms with E-state index in [0.717, 1.165) is 50.6 Å². The van der Waals surface area contributed by atoms with Crippen LogP contribution in [-0.4, -0.2) is 67.7 Å². The van der Waals surface area contributed by atoms with E-state index in [-0.39, 0.29) is 29.9 Å². The van der Waals surface area contributed by atoms with Crippen molar-refractivity contribution < 1.29 is 17.6 Å². The van der Waals surface area contributed by atoms with Gasteiger partial charge in [0.05, 0.1) is 12.8 Å². The van der Waals surface area contributed by atoms with Crippen molar-refractivity contribution in [2.75, 3.05) is 45.8 Å². The van der Waals surface area contributed by atoms with Crippen molar-refractivity contribution in [3.63, 3.8) is 0 Å². The van der Waals surface area contributed by atoms with Crippen molar-refractivity contribution in [2.45, 2.75) is 39.3 Å². The van der Waals surface area contributed by atoms with Crippen LogP contribution in [0.15, 0.2) is 27.8 Å². The number of guanidine groups is 1. The minimum absolute atomic E-state index is 0. The van der Waals surface area contributed by atoms with Crippen LogP contribution in [0, 0.1) is 5.92 Å². The first-order valence-corrected chi connectivity index (χ1v) is 9.76. The molecule has 9 heteroatoms.